The second kappa shape index (κ2) is 9.10. The Kier molecular flexibility index (Phi) is 6.09. The van der Waals surface area contributed by atoms with Gasteiger partial charge in [-0.05, 0) is 51.3 Å². The van der Waals surface area contributed by atoms with Crippen molar-refractivity contribution in [2.24, 2.45) is 0 Å². The Morgan fingerprint density at radius 3 is 2.61 bits per heavy atom. The summed E-state index contributed by atoms with van der Waals surface area (Å²) in [6.45, 7) is -0.233. The summed E-state index contributed by atoms with van der Waals surface area (Å²) >= 11 is 2.18. The molecule has 10 nitrogen and oxygen atoms in total. The van der Waals surface area contributed by atoms with Gasteiger partial charge in [-0.2, -0.15) is 9.36 Å². The normalized spacial score (nSPS) is 15.1. The molecule has 1 aliphatic rings. The highest BCUT2D eigenvalue weighted by molar-refractivity contribution is 8.18. The molecule has 31 heavy (non-hydrogen) atoms. The molecule has 1 N–H and O–H groups in total. The fourth-order valence-corrected chi connectivity index (χ4v) is 4.33. The van der Waals surface area contributed by atoms with E-state index in [4.69, 9.17) is 0 Å². The zero-order valence-corrected chi connectivity index (χ0v) is 17.6. The number of benzene rings is 1. The molecule has 0 spiro atoms. The van der Waals surface area contributed by atoms with Crippen LogP contribution in [0.3, 0.4) is 0 Å². The molecule has 1 saturated heterocycles. The molecule has 0 bridgehead atoms. The molecule has 158 valence electrons. The van der Waals surface area contributed by atoms with Crippen LogP contribution in [0.25, 0.3) is 11.1 Å². The number of thioether (sulfide) groups is 1. The second-order valence-electron chi connectivity index (χ2n) is 6.38. The lowest BCUT2D eigenvalue weighted by Gasteiger charge is -2.12. The molecular formula is C19H16N6O4S2. The molecule has 1 aromatic carbocycles. The Hall–Kier alpha value is -3.51. The monoisotopic (exact) mass is 456 g/mol. The van der Waals surface area contributed by atoms with Crippen LogP contribution in [-0.2, 0) is 16.1 Å². The molecule has 0 atom stereocenters. The minimum Gasteiger partial charge on any atom is -0.353 e. The van der Waals surface area contributed by atoms with E-state index in [-0.39, 0.29) is 19.6 Å². The number of carbonyl (C=O) groups excluding carboxylic acids is 3. The predicted octanol–water partition coefficient (Wildman–Crippen LogP) is 1.34. The highest BCUT2D eigenvalue weighted by Crippen LogP contribution is 2.31. The number of imide groups is 1. The SMILES string of the molecule is O=C(Cn1nnn(-c2cccs2)c1=O)NCCN1C(=O)S/C(=C\c2ccccc2)C1=O. The first-order valence-electron chi connectivity index (χ1n) is 9.17. The highest BCUT2D eigenvalue weighted by atomic mass is 32.2. The van der Waals surface area contributed by atoms with E-state index in [0.717, 1.165) is 31.6 Å². The summed E-state index contributed by atoms with van der Waals surface area (Å²) in [6, 6.07) is 12.7. The first-order chi connectivity index (χ1) is 15.0. The third-order valence-electron chi connectivity index (χ3n) is 4.28. The van der Waals surface area contributed by atoms with E-state index in [0.29, 0.717) is 9.91 Å². The van der Waals surface area contributed by atoms with Crippen LogP contribution in [0.2, 0.25) is 0 Å². The van der Waals surface area contributed by atoms with Crippen molar-refractivity contribution in [3.05, 3.63) is 68.8 Å². The first-order valence-corrected chi connectivity index (χ1v) is 10.9. The second-order valence-corrected chi connectivity index (χ2v) is 8.30. The minimum absolute atomic E-state index is 0.0271. The Balaban J connectivity index is 1.31. The lowest BCUT2D eigenvalue weighted by Crippen LogP contribution is -2.39. The maximum Gasteiger partial charge on any atom is 0.369 e. The molecule has 1 aliphatic heterocycles. The van der Waals surface area contributed by atoms with Crippen molar-refractivity contribution in [2.75, 3.05) is 13.1 Å². The zero-order chi connectivity index (χ0) is 21.8. The van der Waals surface area contributed by atoms with Crippen LogP contribution >= 0.6 is 23.1 Å². The van der Waals surface area contributed by atoms with Gasteiger partial charge in [0, 0.05) is 13.1 Å². The van der Waals surface area contributed by atoms with Gasteiger partial charge in [0.05, 0.1) is 4.91 Å². The Bertz CT molecular complexity index is 1200. The molecule has 4 rings (SSSR count). The number of aromatic nitrogens is 4. The van der Waals surface area contributed by atoms with Gasteiger partial charge >= 0.3 is 5.69 Å². The molecule has 1 fully saturated rings. The Morgan fingerprint density at radius 2 is 1.87 bits per heavy atom. The van der Waals surface area contributed by atoms with Crippen LogP contribution in [-0.4, -0.2) is 54.8 Å². The summed E-state index contributed by atoms with van der Waals surface area (Å²) in [4.78, 5) is 50.5. The topological polar surface area (TPSA) is 119 Å². The smallest absolute Gasteiger partial charge is 0.353 e. The van der Waals surface area contributed by atoms with E-state index in [1.807, 2.05) is 30.3 Å². The summed E-state index contributed by atoms with van der Waals surface area (Å²) in [5.74, 6) is -0.879. The van der Waals surface area contributed by atoms with Gasteiger partial charge in [0.15, 0.2) is 0 Å². The van der Waals surface area contributed by atoms with Gasteiger partial charge in [-0.15, -0.1) is 11.3 Å². The fraction of sp³-hybridized carbons (Fsp3) is 0.158. The van der Waals surface area contributed by atoms with Crippen molar-refractivity contribution in [3.8, 4) is 5.00 Å². The number of amides is 3. The third kappa shape index (κ3) is 4.64. The van der Waals surface area contributed by atoms with Crippen LogP contribution in [0.4, 0.5) is 4.79 Å². The van der Waals surface area contributed by atoms with Crippen LogP contribution in [0.15, 0.2) is 57.5 Å². The van der Waals surface area contributed by atoms with Gasteiger partial charge in [-0.25, -0.2) is 4.79 Å². The van der Waals surface area contributed by atoms with E-state index in [2.05, 4.69) is 15.7 Å². The minimum atomic E-state index is -0.533. The number of rotatable bonds is 7. The van der Waals surface area contributed by atoms with Crippen LogP contribution < -0.4 is 11.0 Å². The van der Waals surface area contributed by atoms with Gasteiger partial charge in [-0.3, -0.25) is 19.3 Å². The van der Waals surface area contributed by atoms with E-state index < -0.39 is 22.7 Å². The van der Waals surface area contributed by atoms with E-state index in [1.165, 1.54) is 11.3 Å². The summed E-state index contributed by atoms with van der Waals surface area (Å²) in [5, 5.41) is 12.1. The Labute approximate surface area is 184 Å². The fourth-order valence-electron chi connectivity index (χ4n) is 2.79. The molecule has 3 amide bonds. The maximum absolute atomic E-state index is 12.5. The summed E-state index contributed by atoms with van der Waals surface area (Å²) < 4.78 is 2.05. The molecular weight excluding hydrogens is 440 g/mol. The average molecular weight is 457 g/mol. The van der Waals surface area contributed by atoms with Gasteiger partial charge in [-0.1, -0.05) is 30.3 Å². The highest BCUT2D eigenvalue weighted by Gasteiger charge is 2.34. The van der Waals surface area contributed by atoms with Crippen molar-refractivity contribution < 1.29 is 14.4 Å². The molecule has 2 aromatic heterocycles. The molecule has 3 heterocycles. The van der Waals surface area contributed by atoms with Crippen molar-refractivity contribution >= 4 is 46.2 Å². The number of hydrogen-bond donors (Lipinski definition) is 1. The van der Waals surface area contributed by atoms with Crippen molar-refractivity contribution in [1.82, 2.24) is 30.0 Å². The molecule has 3 aromatic rings. The van der Waals surface area contributed by atoms with Gasteiger partial charge in [0.25, 0.3) is 11.1 Å². The zero-order valence-electron chi connectivity index (χ0n) is 16.0. The maximum atomic E-state index is 12.5. The summed E-state index contributed by atoms with van der Waals surface area (Å²) in [7, 11) is 0. The Morgan fingerprint density at radius 1 is 1.06 bits per heavy atom. The quantitative estimate of drug-likeness (QED) is 0.533. The predicted molar refractivity (Wildman–Crippen MR) is 116 cm³/mol. The number of hydrogen-bond acceptors (Lipinski definition) is 8. The molecule has 0 aliphatic carbocycles. The third-order valence-corrected chi connectivity index (χ3v) is 6.03. The van der Waals surface area contributed by atoms with E-state index in [9.17, 15) is 19.2 Å². The number of nitrogens with one attached hydrogen (secondary N) is 1. The standard InChI is InChI=1S/C19H16N6O4S2/c26-15(12-24-18(28)25(22-21-24)16-7-4-10-30-16)20-8-9-23-17(27)14(31-19(23)29)11-13-5-2-1-3-6-13/h1-7,10-11H,8-9,12H2,(H,20,26)/b14-11-. The van der Waals surface area contributed by atoms with Crippen molar-refractivity contribution in [2.45, 2.75) is 6.54 Å². The number of thiophene rings is 1. The average Bonchev–Trinajstić information content (AvgIpc) is 3.46. The first kappa shape index (κ1) is 20.8. The van der Waals surface area contributed by atoms with Gasteiger partial charge < -0.3 is 5.32 Å². The molecule has 0 radical (unpaired) electrons. The van der Waals surface area contributed by atoms with Crippen LogP contribution in [0.1, 0.15) is 5.56 Å². The van der Waals surface area contributed by atoms with E-state index in [1.54, 1.807) is 23.6 Å². The summed E-state index contributed by atoms with van der Waals surface area (Å²) in [6.07, 6.45) is 1.66. The molecule has 0 saturated carbocycles. The van der Waals surface area contributed by atoms with Gasteiger partial charge in [0.2, 0.25) is 5.91 Å². The van der Waals surface area contributed by atoms with E-state index >= 15 is 0 Å². The summed E-state index contributed by atoms with van der Waals surface area (Å²) in [5.41, 5.74) is 0.289. The van der Waals surface area contributed by atoms with Crippen molar-refractivity contribution in [3.63, 3.8) is 0 Å². The molecule has 12 heteroatoms. The lowest BCUT2D eigenvalue weighted by atomic mass is 10.2. The number of carbonyl (C=O) groups is 3. The van der Waals surface area contributed by atoms with Crippen LogP contribution in [0.5, 0.6) is 0 Å². The number of tetrazole rings is 1. The largest absolute Gasteiger partial charge is 0.369 e. The van der Waals surface area contributed by atoms with Gasteiger partial charge in [0.1, 0.15) is 11.5 Å². The van der Waals surface area contributed by atoms with Crippen LogP contribution in [0, 0.1) is 0 Å². The van der Waals surface area contributed by atoms with Crippen molar-refractivity contribution in [1.29, 1.82) is 0 Å². The lowest BCUT2D eigenvalue weighted by molar-refractivity contribution is -0.124. The number of nitrogens with zero attached hydrogens (tertiary/aromatic N) is 5. The molecule has 0 unspecified atom stereocenters.